The van der Waals surface area contributed by atoms with Gasteiger partial charge < -0.3 is 9.47 Å². The fraction of sp³-hybridized carbons (Fsp3) is 0.562. The van der Waals surface area contributed by atoms with Crippen LogP contribution in [0.3, 0.4) is 0 Å². The van der Waals surface area contributed by atoms with Crippen LogP contribution in [0.4, 0.5) is 0 Å². The van der Waals surface area contributed by atoms with Crippen LogP contribution in [-0.4, -0.2) is 13.7 Å². The number of hydrogen-bond donors (Lipinski definition) is 0. The second-order valence-corrected chi connectivity index (χ2v) is 4.59. The number of methoxy groups -OCH3 is 1. The van der Waals surface area contributed by atoms with Gasteiger partial charge in [0.15, 0.2) is 0 Å². The maximum atomic E-state index is 9.01. The number of ether oxygens (including phenoxy) is 2. The van der Waals surface area contributed by atoms with E-state index in [0.29, 0.717) is 17.9 Å². The Hall–Kier alpha value is -1.69. The van der Waals surface area contributed by atoms with Crippen LogP contribution in [-0.2, 0) is 0 Å². The third-order valence-corrected chi connectivity index (χ3v) is 3.06. The average molecular weight is 261 g/mol. The van der Waals surface area contributed by atoms with Crippen molar-refractivity contribution in [1.82, 2.24) is 0 Å². The summed E-state index contributed by atoms with van der Waals surface area (Å²) in [5, 5.41) is 9.01. The standard InChI is InChI=1S/C16H23NO2/c1-3-4-5-6-7-8-11-19-16-12-15(18-2)10-9-14(16)13-17/h9-10,12H,3-8,11H2,1-2H3. The van der Waals surface area contributed by atoms with Gasteiger partial charge in [-0.2, -0.15) is 5.26 Å². The van der Waals surface area contributed by atoms with Crippen LogP contribution in [0.15, 0.2) is 18.2 Å². The minimum absolute atomic E-state index is 0.562. The van der Waals surface area contributed by atoms with Gasteiger partial charge in [-0.25, -0.2) is 0 Å². The van der Waals surface area contributed by atoms with E-state index in [2.05, 4.69) is 13.0 Å². The lowest BCUT2D eigenvalue weighted by molar-refractivity contribution is 0.301. The molecular weight excluding hydrogens is 238 g/mol. The number of nitrogens with zero attached hydrogens (tertiary/aromatic N) is 1. The molecule has 0 amide bonds. The normalized spacial score (nSPS) is 9.95. The molecule has 1 aromatic carbocycles. The molecule has 0 fully saturated rings. The Balaban J connectivity index is 2.34. The Labute approximate surface area is 116 Å². The first-order valence-corrected chi connectivity index (χ1v) is 7.02. The molecule has 0 unspecified atom stereocenters. The summed E-state index contributed by atoms with van der Waals surface area (Å²) in [5.74, 6) is 1.34. The number of rotatable bonds is 9. The molecule has 0 aliphatic heterocycles. The van der Waals surface area contributed by atoms with Crippen LogP contribution in [0, 0.1) is 11.3 Å². The van der Waals surface area contributed by atoms with Crippen LogP contribution in [0.1, 0.15) is 51.0 Å². The van der Waals surface area contributed by atoms with Gasteiger partial charge in [-0.15, -0.1) is 0 Å². The molecule has 3 heteroatoms. The van der Waals surface area contributed by atoms with Gasteiger partial charge in [0.2, 0.25) is 0 Å². The first kappa shape index (κ1) is 15.4. The zero-order valence-electron chi connectivity index (χ0n) is 11.9. The van der Waals surface area contributed by atoms with Crippen molar-refractivity contribution < 1.29 is 9.47 Å². The third kappa shape index (κ3) is 5.65. The summed E-state index contributed by atoms with van der Waals surface area (Å²) >= 11 is 0. The van der Waals surface area contributed by atoms with E-state index in [1.807, 2.05) is 0 Å². The summed E-state index contributed by atoms with van der Waals surface area (Å²) in [6.45, 7) is 2.88. The summed E-state index contributed by atoms with van der Waals surface area (Å²) in [4.78, 5) is 0. The van der Waals surface area contributed by atoms with E-state index in [-0.39, 0.29) is 0 Å². The Morgan fingerprint density at radius 1 is 1.11 bits per heavy atom. The molecule has 0 aliphatic rings. The van der Waals surface area contributed by atoms with Gasteiger partial charge in [0, 0.05) is 6.07 Å². The Morgan fingerprint density at radius 3 is 2.53 bits per heavy atom. The predicted molar refractivity (Wildman–Crippen MR) is 76.6 cm³/mol. The van der Waals surface area contributed by atoms with Crippen LogP contribution in [0.2, 0.25) is 0 Å². The summed E-state index contributed by atoms with van der Waals surface area (Å²) in [5.41, 5.74) is 0.562. The summed E-state index contributed by atoms with van der Waals surface area (Å²) in [6.07, 6.45) is 7.37. The van der Waals surface area contributed by atoms with Crippen molar-refractivity contribution in [3.8, 4) is 17.6 Å². The SMILES string of the molecule is CCCCCCCCOc1cc(OC)ccc1C#N. The highest BCUT2D eigenvalue weighted by Gasteiger charge is 2.05. The predicted octanol–water partition coefficient (Wildman–Crippen LogP) is 4.31. The first-order chi connectivity index (χ1) is 9.31. The van der Waals surface area contributed by atoms with E-state index in [0.717, 1.165) is 12.2 Å². The minimum atomic E-state index is 0.562. The molecule has 1 rings (SSSR count). The smallest absolute Gasteiger partial charge is 0.140 e. The van der Waals surface area contributed by atoms with Crippen LogP contribution in [0.25, 0.3) is 0 Å². The quantitative estimate of drug-likeness (QED) is 0.622. The van der Waals surface area contributed by atoms with Gasteiger partial charge in [0.25, 0.3) is 0 Å². The highest BCUT2D eigenvalue weighted by molar-refractivity contribution is 5.47. The van der Waals surface area contributed by atoms with Gasteiger partial charge in [-0.1, -0.05) is 39.0 Å². The lowest BCUT2D eigenvalue weighted by Crippen LogP contribution is -1.99. The second-order valence-electron chi connectivity index (χ2n) is 4.59. The van der Waals surface area contributed by atoms with Crippen molar-refractivity contribution >= 4 is 0 Å². The van der Waals surface area contributed by atoms with E-state index in [1.165, 1.54) is 32.1 Å². The molecule has 104 valence electrons. The molecule has 0 bridgehead atoms. The highest BCUT2D eigenvalue weighted by Crippen LogP contribution is 2.24. The molecule has 0 saturated carbocycles. The van der Waals surface area contributed by atoms with E-state index in [9.17, 15) is 0 Å². The van der Waals surface area contributed by atoms with Crippen molar-refractivity contribution in [2.45, 2.75) is 45.4 Å². The van der Waals surface area contributed by atoms with Gasteiger partial charge >= 0.3 is 0 Å². The maximum absolute atomic E-state index is 9.01. The molecule has 0 radical (unpaired) electrons. The average Bonchev–Trinajstić information content (AvgIpc) is 2.46. The second kappa shape index (κ2) is 9.27. The summed E-state index contributed by atoms with van der Waals surface area (Å²) in [7, 11) is 1.61. The van der Waals surface area contributed by atoms with Gasteiger partial charge in [-0.05, 0) is 18.6 Å². The maximum Gasteiger partial charge on any atom is 0.140 e. The van der Waals surface area contributed by atoms with E-state index < -0.39 is 0 Å². The fourth-order valence-corrected chi connectivity index (χ4v) is 1.91. The lowest BCUT2D eigenvalue weighted by Gasteiger charge is -2.09. The number of unbranched alkanes of at least 4 members (excludes halogenated alkanes) is 5. The van der Waals surface area contributed by atoms with Gasteiger partial charge in [-0.3, -0.25) is 0 Å². The number of nitriles is 1. The van der Waals surface area contributed by atoms with Crippen LogP contribution >= 0.6 is 0 Å². The van der Waals surface area contributed by atoms with Crippen molar-refractivity contribution in [3.63, 3.8) is 0 Å². The van der Waals surface area contributed by atoms with Crippen molar-refractivity contribution in [2.75, 3.05) is 13.7 Å². The Bertz CT molecular complexity index is 410. The molecule has 1 aromatic rings. The topological polar surface area (TPSA) is 42.2 Å². The molecule has 19 heavy (non-hydrogen) atoms. The molecule has 0 aliphatic carbocycles. The van der Waals surface area contributed by atoms with Gasteiger partial charge in [0.05, 0.1) is 19.3 Å². The molecule has 0 N–H and O–H groups in total. The fourth-order valence-electron chi connectivity index (χ4n) is 1.91. The largest absolute Gasteiger partial charge is 0.497 e. The molecule has 0 spiro atoms. The molecule has 0 atom stereocenters. The molecule has 0 saturated heterocycles. The lowest BCUT2D eigenvalue weighted by atomic mass is 10.1. The van der Waals surface area contributed by atoms with Gasteiger partial charge in [0.1, 0.15) is 17.6 Å². The number of hydrogen-bond acceptors (Lipinski definition) is 3. The first-order valence-electron chi connectivity index (χ1n) is 7.02. The summed E-state index contributed by atoms with van der Waals surface area (Å²) in [6, 6.07) is 7.41. The third-order valence-electron chi connectivity index (χ3n) is 3.06. The highest BCUT2D eigenvalue weighted by atomic mass is 16.5. The Kier molecular flexibility index (Phi) is 7.50. The van der Waals surface area contributed by atoms with Crippen molar-refractivity contribution in [3.05, 3.63) is 23.8 Å². The molecule has 0 aromatic heterocycles. The minimum Gasteiger partial charge on any atom is -0.497 e. The van der Waals surface area contributed by atoms with E-state index >= 15 is 0 Å². The van der Waals surface area contributed by atoms with Crippen molar-refractivity contribution in [1.29, 1.82) is 5.26 Å². The van der Waals surface area contributed by atoms with E-state index in [1.54, 1.807) is 25.3 Å². The zero-order valence-corrected chi connectivity index (χ0v) is 11.9. The molecule has 0 heterocycles. The molecule has 3 nitrogen and oxygen atoms in total. The Morgan fingerprint density at radius 2 is 1.84 bits per heavy atom. The van der Waals surface area contributed by atoms with Crippen LogP contribution < -0.4 is 9.47 Å². The monoisotopic (exact) mass is 261 g/mol. The molecular formula is C16H23NO2. The summed E-state index contributed by atoms with van der Waals surface area (Å²) < 4.78 is 10.8. The van der Waals surface area contributed by atoms with Crippen LogP contribution in [0.5, 0.6) is 11.5 Å². The van der Waals surface area contributed by atoms with Crippen molar-refractivity contribution in [2.24, 2.45) is 0 Å². The zero-order chi connectivity index (χ0) is 13.9. The number of benzene rings is 1. The van der Waals surface area contributed by atoms with E-state index in [4.69, 9.17) is 14.7 Å².